The van der Waals surface area contributed by atoms with Gasteiger partial charge in [0.05, 0.1) is 5.56 Å². The Hall–Kier alpha value is -1.83. The van der Waals surface area contributed by atoms with E-state index in [-0.39, 0.29) is 5.60 Å². The van der Waals surface area contributed by atoms with E-state index < -0.39 is 6.85 Å². The number of pyridine rings is 1. The maximum atomic E-state index is 7.59. The number of nitrogens with zero attached hydrogens (tertiary/aromatic N) is 1. The lowest BCUT2D eigenvalue weighted by molar-refractivity contribution is -0.660. The fourth-order valence-electron chi connectivity index (χ4n) is 2.99. The summed E-state index contributed by atoms with van der Waals surface area (Å²) in [5.41, 5.74) is 4.53. The predicted molar refractivity (Wildman–Crippen MR) is 85.6 cm³/mol. The van der Waals surface area contributed by atoms with E-state index in [1.165, 1.54) is 5.56 Å². The third-order valence-electron chi connectivity index (χ3n) is 4.21. The van der Waals surface area contributed by atoms with Crippen LogP contribution in [0.15, 0.2) is 30.5 Å². The normalized spacial score (nSPS) is 19.0. The average molecular weight is 285 g/mol. The van der Waals surface area contributed by atoms with Gasteiger partial charge in [0.2, 0.25) is 5.69 Å². The molecule has 1 aromatic carbocycles. The number of rotatable bonds is 1. The van der Waals surface area contributed by atoms with Crippen LogP contribution in [0.2, 0.25) is 0 Å². The Morgan fingerprint density at radius 1 is 1.24 bits per heavy atom. The van der Waals surface area contributed by atoms with Crippen molar-refractivity contribution >= 4 is 0 Å². The Kier molecular flexibility index (Phi) is 2.51. The van der Waals surface area contributed by atoms with Crippen LogP contribution in [0.5, 0.6) is 5.75 Å². The topological polar surface area (TPSA) is 13.1 Å². The lowest BCUT2D eigenvalue weighted by Crippen LogP contribution is -2.35. The van der Waals surface area contributed by atoms with Gasteiger partial charge in [-0.1, -0.05) is 12.1 Å². The monoisotopic (exact) mass is 285 g/mol. The lowest BCUT2D eigenvalue weighted by atomic mass is 9.90. The molecule has 2 nitrogen and oxygen atoms in total. The molecule has 3 rings (SSSR count). The fourth-order valence-corrected chi connectivity index (χ4v) is 2.99. The van der Waals surface area contributed by atoms with Crippen LogP contribution in [-0.2, 0) is 13.5 Å². The van der Waals surface area contributed by atoms with Gasteiger partial charge in [-0.15, -0.1) is 0 Å². The molecule has 110 valence electrons. The van der Waals surface area contributed by atoms with E-state index in [9.17, 15) is 0 Å². The van der Waals surface area contributed by atoms with E-state index in [1.54, 1.807) is 12.3 Å². The van der Waals surface area contributed by atoms with E-state index >= 15 is 0 Å². The molecule has 1 aliphatic rings. The molecule has 0 atom stereocenters. The number of hydrogen-bond donors (Lipinski definition) is 0. The minimum absolute atomic E-state index is 0.188. The molecule has 2 aromatic rings. The van der Waals surface area contributed by atoms with Crippen molar-refractivity contribution in [3.8, 4) is 17.0 Å². The molecule has 0 fully saturated rings. The summed E-state index contributed by atoms with van der Waals surface area (Å²) in [6, 6.07) is 7.83. The smallest absolute Gasteiger partial charge is 0.216 e. The summed E-state index contributed by atoms with van der Waals surface area (Å²) in [7, 11) is 1.89. The first-order valence-corrected chi connectivity index (χ1v) is 7.40. The summed E-state index contributed by atoms with van der Waals surface area (Å²) in [6.45, 7) is 4.19. The number of aromatic nitrogens is 1. The number of ether oxygens (including phenoxy) is 1. The zero-order chi connectivity index (χ0) is 17.7. The van der Waals surface area contributed by atoms with Gasteiger partial charge in [0, 0.05) is 15.7 Å². The standard InChI is InChI=1S/C19H24NO/c1-13-6-9-16(20(5)12-13)17-14(2)7-8-15-10-11-19(3,4)21-18(15)17/h6-9,12H,10-11H2,1-5H3/q+1/i1D3. The summed E-state index contributed by atoms with van der Waals surface area (Å²) in [4.78, 5) is 0. The van der Waals surface area contributed by atoms with Gasteiger partial charge in [-0.3, -0.25) is 0 Å². The van der Waals surface area contributed by atoms with Crippen LogP contribution in [-0.4, -0.2) is 5.60 Å². The second-order valence-corrected chi connectivity index (χ2v) is 6.52. The molecule has 0 spiro atoms. The highest BCUT2D eigenvalue weighted by molar-refractivity contribution is 5.71. The van der Waals surface area contributed by atoms with E-state index in [0.717, 1.165) is 35.4 Å². The van der Waals surface area contributed by atoms with Crippen LogP contribution in [0.3, 0.4) is 0 Å². The molecule has 0 N–H and O–H groups in total. The van der Waals surface area contributed by atoms with E-state index in [4.69, 9.17) is 8.85 Å². The Labute approximate surface area is 131 Å². The summed E-state index contributed by atoms with van der Waals surface area (Å²) in [5, 5.41) is 0. The predicted octanol–water partition coefficient (Wildman–Crippen LogP) is 3.90. The van der Waals surface area contributed by atoms with Gasteiger partial charge in [-0.2, -0.15) is 0 Å². The molecule has 0 amide bonds. The Bertz CT molecular complexity index is 794. The minimum atomic E-state index is -2.10. The van der Waals surface area contributed by atoms with Gasteiger partial charge in [-0.25, -0.2) is 4.57 Å². The molecule has 21 heavy (non-hydrogen) atoms. The van der Waals surface area contributed by atoms with Crippen LogP contribution in [0.4, 0.5) is 0 Å². The lowest BCUT2D eigenvalue weighted by Gasteiger charge is -2.34. The molecule has 0 bridgehead atoms. The van der Waals surface area contributed by atoms with Crippen molar-refractivity contribution in [3.63, 3.8) is 0 Å². The van der Waals surface area contributed by atoms with Crippen LogP contribution in [0, 0.1) is 13.8 Å². The average Bonchev–Trinajstić information content (AvgIpc) is 2.46. The van der Waals surface area contributed by atoms with Gasteiger partial charge in [0.1, 0.15) is 18.4 Å². The van der Waals surface area contributed by atoms with Gasteiger partial charge < -0.3 is 4.74 Å². The number of benzene rings is 1. The van der Waals surface area contributed by atoms with Crippen LogP contribution < -0.4 is 9.30 Å². The van der Waals surface area contributed by atoms with Gasteiger partial charge in [0.15, 0.2) is 6.20 Å². The molecule has 0 radical (unpaired) electrons. The zero-order valence-corrected chi connectivity index (χ0v) is 13.2. The summed E-state index contributed by atoms with van der Waals surface area (Å²) in [5.74, 6) is 0.934. The molecule has 0 saturated carbocycles. The molecule has 2 heterocycles. The van der Waals surface area contributed by atoms with Gasteiger partial charge in [-0.05, 0) is 57.7 Å². The van der Waals surface area contributed by atoms with Crippen molar-refractivity contribution in [1.82, 2.24) is 0 Å². The molecule has 1 aromatic heterocycles. The zero-order valence-electron chi connectivity index (χ0n) is 16.2. The highest BCUT2D eigenvalue weighted by Crippen LogP contribution is 2.41. The Balaban J connectivity index is 2.17. The maximum Gasteiger partial charge on any atom is 0.216 e. The fraction of sp³-hybridized carbons (Fsp3) is 0.421. The molecule has 1 aliphatic heterocycles. The molecule has 2 heteroatoms. The van der Waals surface area contributed by atoms with Crippen molar-refractivity contribution in [2.45, 2.75) is 46.1 Å². The van der Waals surface area contributed by atoms with E-state index in [0.29, 0.717) is 5.56 Å². The largest absolute Gasteiger partial charge is 0.487 e. The van der Waals surface area contributed by atoms with Gasteiger partial charge in [0.25, 0.3) is 0 Å². The molecular weight excluding hydrogens is 258 g/mol. The van der Waals surface area contributed by atoms with E-state index in [1.807, 2.05) is 17.7 Å². The summed E-state index contributed by atoms with van der Waals surface area (Å²) >= 11 is 0. The summed E-state index contributed by atoms with van der Waals surface area (Å²) < 4.78 is 31.0. The molecule has 0 saturated heterocycles. The molecule has 0 unspecified atom stereocenters. The Morgan fingerprint density at radius 3 is 2.76 bits per heavy atom. The second-order valence-electron chi connectivity index (χ2n) is 6.52. The molecular formula is C19H24NO+. The maximum absolute atomic E-state index is 7.59. The number of fused-ring (bicyclic) bond motifs is 1. The van der Waals surface area contributed by atoms with Crippen molar-refractivity contribution in [3.05, 3.63) is 47.2 Å². The van der Waals surface area contributed by atoms with Crippen molar-refractivity contribution in [1.29, 1.82) is 0 Å². The highest BCUT2D eigenvalue weighted by atomic mass is 16.5. The third-order valence-corrected chi connectivity index (χ3v) is 4.21. The second kappa shape index (κ2) is 4.87. The molecule has 0 aliphatic carbocycles. The highest BCUT2D eigenvalue weighted by Gasteiger charge is 2.31. The first kappa shape index (κ1) is 10.8. The third kappa shape index (κ3) is 2.55. The minimum Gasteiger partial charge on any atom is -0.487 e. The Morgan fingerprint density at radius 2 is 2.05 bits per heavy atom. The number of hydrogen-bond acceptors (Lipinski definition) is 1. The van der Waals surface area contributed by atoms with Crippen LogP contribution in [0.25, 0.3) is 11.3 Å². The van der Waals surface area contributed by atoms with Crippen LogP contribution in [0.1, 0.15) is 41.1 Å². The number of aryl methyl sites for hydroxylation is 4. The van der Waals surface area contributed by atoms with Crippen molar-refractivity contribution in [2.75, 3.05) is 0 Å². The van der Waals surface area contributed by atoms with Gasteiger partial charge >= 0.3 is 0 Å². The van der Waals surface area contributed by atoms with Crippen LogP contribution >= 0.6 is 0 Å². The first-order chi connectivity index (χ1) is 11.1. The first-order valence-electron chi connectivity index (χ1n) is 8.90. The van der Waals surface area contributed by atoms with E-state index in [2.05, 4.69) is 32.9 Å². The quantitative estimate of drug-likeness (QED) is 0.724. The van der Waals surface area contributed by atoms with Crippen molar-refractivity contribution < 1.29 is 13.4 Å². The van der Waals surface area contributed by atoms with Crippen molar-refractivity contribution in [2.24, 2.45) is 7.05 Å². The summed E-state index contributed by atoms with van der Waals surface area (Å²) in [6.07, 6.45) is 3.68. The SMILES string of the molecule is [2H]C([2H])([2H])c1ccc(-c2c(C)ccc3c2OC(C)(C)CC3)[n+](C)c1.